The van der Waals surface area contributed by atoms with Gasteiger partial charge in [0.1, 0.15) is 5.75 Å². The van der Waals surface area contributed by atoms with E-state index < -0.39 is 45.7 Å². The number of carbonyl (C=O) groups excluding carboxylic acids is 1. The first kappa shape index (κ1) is 24.1. The maximum absolute atomic E-state index is 13.7. The molecule has 0 saturated heterocycles. The molecule has 6 nitrogen and oxygen atoms in total. The third-order valence-corrected chi connectivity index (χ3v) is 5.79. The van der Waals surface area contributed by atoms with Gasteiger partial charge in [-0.1, -0.05) is 29.8 Å². The molecule has 0 aliphatic carbocycles. The molecule has 0 heterocycles. The van der Waals surface area contributed by atoms with Crippen molar-refractivity contribution in [3.63, 3.8) is 0 Å². The Labute approximate surface area is 189 Å². The lowest BCUT2D eigenvalue weighted by molar-refractivity contribution is -0.118. The number of carbonyl (C=O) groups is 1. The van der Waals surface area contributed by atoms with Crippen LogP contribution in [0.5, 0.6) is 5.75 Å². The van der Waals surface area contributed by atoms with Crippen molar-refractivity contribution in [1.29, 1.82) is 0 Å². The molecule has 0 aliphatic rings. The van der Waals surface area contributed by atoms with E-state index in [2.05, 4.69) is 5.32 Å². The molecule has 0 atom stereocenters. The Kier molecular flexibility index (Phi) is 7.27. The van der Waals surface area contributed by atoms with E-state index in [1.165, 1.54) is 28.6 Å². The zero-order valence-corrected chi connectivity index (χ0v) is 18.6. The Morgan fingerprint density at radius 1 is 0.939 bits per heavy atom. The molecule has 3 aromatic carbocycles. The molecule has 0 saturated carbocycles. The van der Waals surface area contributed by atoms with E-state index in [9.17, 15) is 26.4 Å². The number of nitrogens with zero attached hydrogens (tertiary/aromatic N) is 1. The average molecular weight is 478 g/mol. The van der Waals surface area contributed by atoms with Crippen LogP contribution in [0, 0.1) is 24.4 Å². The van der Waals surface area contributed by atoms with Crippen molar-refractivity contribution in [3.05, 3.63) is 89.2 Å². The Hall–Kier alpha value is -3.53. The van der Waals surface area contributed by atoms with Crippen LogP contribution in [-0.2, 0) is 21.4 Å². The first-order valence-electron chi connectivity index (χ1n) is 9.74. The van der Waals surface area contributed by atoms with Gasteiger partial charge in [-0.15, -0.1) is 0 Å². The molecule has 0 spiro atoms. The number of ether oxygens (including phenoxy) is 1. The van der Waals surface area contributed by atoms with E-state index in [1.54, 1.807) is 0 Å². The second-order valence-corrected chi connectivity index (χ2v) is 9.22. The highest BCUT2D eigenvalue weighted by Gasteiger charge is 2.18. The Morgan fingerprint density at radius 3 is 2.18 bits per heavy atom. The van der Waals surface area contributed by atoms with Crippen molar-refractivity contribution < 1.29 is 31.1 Å². The molecular weight excluding hydrogens is 457 g/mol. The molecule has 0 unspecified atom stereocenters. The maximum atomic E-state index is 13.7. The van der Waals surface area contributed by atoms with Gasteiger partial charge in [-0.05, 0) is 48.9 Å². The molecule has 3 aromatic rings. The number of hydrogen-bond acceptors (Lipinski definition) is 4. The first-order valence-corrected chi connectivity index (χ1v) is 11.6. The summed E-state index contributed by atoms with van der Waals surface area (Å²) < 4.78 is 71.1. The first-order chi connectivity index (χ1) is 15.5. The van der Waals surface area contributed by atoms with E-state index in [4.69, 9.17) is 4.74 Å². The minimum absolute atomic E-state index is 0.140. The molecule has 0 aliphatic heterocycles. The van der Waals surface area contributed by atoms with Crippen LogP contribution in [0.2, 0.25) is 0 Å². The number of nitrogens with one attached hydrogen (secondary N) is 1. The zero-order chi connectivity index (χ0) is 24.2. The minimum atomic E-state index is -3.57. The van der Waals surface area contributed by atoms with E-state index in [0.717, 1.165) is 23.4 Å². The van der Waals surface area contributed by atoms with Gasteiger partial charge in [-0.3, -0.25) is 9.10 Å². The fourth-order valence-electron chi connectivity index (χ4n) is 2.93. The fourth-order valence-corrected chi connectivity index (χ4v) is 3.81. The lowest BCUT2D eigenvalue weighted by atomic mass is 10.1. The monoisotopic (exact) mass is 478 g/mol. The number of amides is 1. The summed E-state index contributed by atoms with van der Waals surface area (Å²) in [4.78, 5) is 12.0. The zero-order valence-electron chi connectivity index (χ0n) is 17.8. The molecule has 0 bridgehead atoms. The van der Waals surface area contributed by atoms with Crippen LogP contribution in [0.4, 0.5) is 24.5 Å². The van der Waals surface area contributed by atoms with Crippen LogP contribution >= 0.6 is 0 Å². The van der Waals surface area contributed by atoms with Crippen LogP contribution in [0.15, 0.2) is 60.7 Å². The van der Waals surface area contributed by atoms with E-state index in [-0.39, 0.29) is 12.3 Å². The lowest BCUT2D eigenvalue weighted by Crippen LogP contribution is -2.29. The van der Waals surface area contributed by atoms with Crippen LogP contribution in [0.1, 0.15) is 11.1 Å². The van der Waals surface area contributed by atoms with Crippen molar-refractivity contribution in [2.45, 2.75) is 13.5 Å². The van der Waals surface area contributed by atoms with Crippen molar-refractivity contribution >= 4 is 27.3 Å². The Bertz CT molecular complexity index is 1250. The normalized spacial score (nSPS) is 11.2. The predicted octanol–water partition coefficient (Wildman–Crippen LogP) is 4.40. The molecule has 33 heavy (non-hydrogen) atoms. The standard InChI is InChI=1S/C23H21F3N2O4S/c1-15-3-5-16(6-4-15)13-28(33(2,30)31)17-7-9-18(10-8-17)32-14-21(29)27-20-12-11-19(24)22(25)23(20)26/h3-12H,13-14H2,1-2H3,(H,27,29). The third kappa shape index (κ3) is 6.26. The van der Waals surface area contributed by atoms with Gasteiger partial charge in [0, 0.05) is 0 Å². The SMILES string of the molecule is Cc1ccc(CN(c2ccc(OCC(=O)Nc3ccc(F)c(F)c3F)cc2)S(C)(=O)=O)cc1. The number of hydrogen-bond donors (Lipinski definition) is 1. The largest absolute Gasteiger partial charge is 0.484 e. The molecular formula is C23H21F3N2O4S. The number of halogens is 3. The summed E-state index contributed by atoms with van der Waals surface area (Å²) in [5.74, 6) is -5.11. The van der Waals surface area contributed by atoms with Gasteiger partial charge in [0.25, 0.3) is 5.91 Å². The maximum Gasteiger partial charge on any atom is 0.262 e. The number of anilines is 2. The molecule has 0 fully saturated rings. The number of sulfonamides is 1. The number of rotatable bonds is 8. The Morgan fingerprint density at radius 2 is 1.58 bits per heavy atom. The van der Waals surface area contributed by atoms with E-state index in [0.29, 0.717) is 11.8 Å². The summed E-state index contributed by atoms with van der Waals surface area (Å²) in [7, 11) is -3.57. The lowest BCUT2D eigenvalue weighted by Gasteiger charge is -2.23. The van der Waals surface area contributed by atoms with Gasteiger partial charge in [0.15, 0.2) is 24.1 Å². The highest BCUT2D eigenvalue weighted by Crippen LogP contribution is 2.24. The van der Waals surface area contributed by atoms with Gasteiger partial charge >= 0.3 is 0 Å². The highest BCUT2D eigenvalue weighted by atomic mass is 32.2. The fraction of sp³-hybridized carbons (Fsp3) is 0.174. The molecule has 174 valence electrons. The molecule has 0 aromatic heterocycles. The van der Waals surface area contributed by atoms with Crippen molar-refractivity contribution in [2.75, 3.05) is 22.5 Å². The van der Waals surface area contributed by atoms with Crippen molar-refractivity contribution in [2.24, 2.45) is 0 Å². The van der Waals surface area contributed by atoms with Crippen molar-refractivity contribution in [3.8, 4) is 5.75 Å². The van der Waals surface area contributed by atoms with Gasteiger partial charge in [0.2, 0.25) is 10.0 Å². The average Bonchev–Trinajstić information content (AvgIpc) is 2.77. The van der Waals surface area contributed by atoms with Crippen molar-refractivity contribution in [1.82, 2.24) is 0 Å². The molecule has 10 heteroatoms. The van der Waals surface area contributed by atoms with Crippen LogP contribution in [-0.4, -0.2) is 27.2 Å². The van der Waals surface area contributed by atoms with Crippen LogP contribution in [0.3, 0.4) is 0 Å². The van der Waals surface area contributed by atoms with E-state index in [1.807, 2.05) is 31.2 Å². The minimum Gasteiger partial charge on any atom is -0.484 e. The second kappa shape index (κ2) is 9.95. The highest BCUT2D eigenvalue weighted by molar-refractivity contribution is 7.92. The van der Waals surface area contributed by atoms with Crippen LogP contribution in [0.25, 0.3) is 0 Å². The molecule has 0 radical (unpaired) electrons. The third-order valence-electron chi connectivity index (χ3n) is 4.65. The van der Waals surface area contributed by atoms with Crippen LogP contribution < -0.4 is 14.4 Å². The summed E-state index contributed by atoms with van der Waals surface area (Å²) in [6.07, 6.45) is 1.10. The van der Waals surface area contributed by atoms with Gasteiger partial charge in [-0.2, -0.15) is 0 Å². The smallest absolute Gasteiger partial charge is 0.262 e. The number of benzene rings is 3. The quantitative estimate of drug-likeness (QED) is 0.487. The summed E-state index contributed by atoms with van der Waals surface area (Å²) in [5.41, 5.74) is 1.76. The van der Waals surface area contributed by atoms with Gasteiger partial charge < -0.3 is 10.1 Å². The van der Waals surface area contributed by atoms with Gasteiger partial charge in [0.05, 0.1) is 24.2 Å². The Balaban J connectivity index is 1.65. The summed E-state index contributed by atoms with van der Waals surface area (Å²) >= 11 is 0. The van der Waals surface area contributed by atoms with E-state index >= 15 is 0 Å². The summed E-state index contributed by atoms with van der Waals surface area (Å²) in [6.45, 7) is 1.55. The molecule has 1 N–H and O–H groups in total. The number of aryl methyl sites for hydroxylation is 1. The second-order valence-electron chi connectivity index (χ2n) is 7.31. The molecule has 1 amide bonds. The topological polar surface area (TPSA) is 75.7 Å². The predicted molar refractivity (Wildman–Crippen MR) is 119 cm³/mol. The van der Waals surface area contributed by atoms with Gasteiger partial charge in [-0.25, -0.2) is 21.6 Å². The molecule has 3 rings (SSSR count). The summed E-state index contributed by atoms with van der Waals surface area (Å²) in [5, 5.41) is 2.10. The summed E-state index contributed by atoms with van der Waals surface area (Å²) in [6, 6.07) is 15.1.